The normalized spacial score (nSPS) is 10.9. The van der Waals surface area contributed by atoms with E-state index in [2.05, 4.69) is 22.2 Å². The van der Waals surface area contributed by atoms with Gasteiger partial charge in [-0.3, -0.25) is 0 Å². The lowest BCUT2D eigenvalue weighted by Gasteiger charge is -2.13. The van der Waals surface area contributed by atoms with Gasteiger partial charge in [0.05, 0.1) is 0 Å². The lowest BCUT2D eigenvalue weighted by atomic mass is 10.6. The maximum atomic E-state index is 5.50. The van der Waals surface area contributed by atoms with Crippen molar-refractivity contribution in [3.05, 3.63) is 0 Å². The molecule has 0 aromatic carbocycles. The summed E-state index contributed by atoms with van der Waals surface area (Å²) in [4.78, 5) is 6.21. The van der Waals surface area contributed by atoms with Crippen molar-refractivity contribution >= 4 is 9.36 Å². The predicted molar refractivity (Wildman–Crippen MR) is 49.8 cm³/mol. The summed E-state index contributed by atoms with van der Waals surface area (Å²) in [5.74, 6) is 0. The summed E-state index contributed by atoms with van der Waals surface area (Å²) in [6.07, 6.45) is 0. The molecule has 0 amide bonds. The minimum absolute atomic E-state index is 0.784. The van der Waals surface area contributed by atoms with Gasteiger partial charge in [-0.15, -0.1) is 0 Å². The Morgan fingerprint density at radius 1 is 1.27 bits per heavy atom. The van der Waals surface area contributed by atoms with Gasteiger partial charge in [0.15, 0.2) is 0 Å². The smallest absolute Gasteiger partial charge is 0.334 e. The molecule has 0 heterocycles. The maximum Gasteiger partial charge on any atom is 0.334 e. The number of nitrogens with one attached hydrogen (secondary N) is 3. The van der Waals surface area contributed by atoms with Gasteiger partial charge in [-0.2, -0.15) is 0 Å². The van der Waals surface area contributed by atoms with E-state index in [0.717, 1.165) is 19.7 Å². The van der Waals surface area contributed by atoms with Crippen LogP contribution in [0.5, 0.6) is 0 Å². The molecular formula is C6H19N3OSi. The molecule has 0 aliphatic carbocycles. The van der Waals surface area contributed by atoms with Crippen LogP contribution in [-0.4, -0.2) is 43.2 Å². The topological polar surface area (TPSA) is 45.3 Å². The fourth-order valence-electron chi connectivity index (χ4n) is 0.737. The quantitative estimate of drug-likeness (QED) is 0.336. The van der Waals surface area contributed by atoms with Crippen LogP contribution >= 0.6 is 0 Å². The summed E-state index contributed by atoms with van der Waals surface area (Å²) in [5.41, 5.74) is 0. The zero-order chi connectivity index (χ0) is 8.53. The van der Waals surface area contributed by atoms with Gasteiger partial charge in [0, 0.05) is 13.2 Å². The molecule has 0 saturated heterocycles. The largest absolute Gasteiger partial charge is 0.393 e. The molecule has 0 spiro atoms. The Bertz CT molecular complexity index is 80.2. The van der Waals surface area contributed by atoms with Crippen molar-refractivity contribution in [3.8, 4) is 0 Å². The molecule has 0 unspecified atom stereocenters. The van der Waals surface area contributed by atoms with E-state index in [9.17, 15) is 0 Å². The SMILES string of the molecule is CCNCCO[SiH](NC)NC. The molecule has 4 nitrogen and oxygen atoms in total. The molecule has 11 heavy (non-hydrogen) atoms. The number of hydrogen-bond donors (Lipinski definition) is 3. The monoisotopic (exact) mass is 177 g/mol. The van der Waals surface area contributed by atoms with E-state index in [0.29, 0.717) is 0 Å². The fraction of sp³-hybridized carbons (Fsp3) is 1.00. The Hall–Kier alpha value is 0.0569. The Morgan fingerprint density at radius 3 is 2.36 bits per heavy atom. The average molecular weight is 177 g/mol. The van der Waals surface area contributed by atoms with Gasteiger partial charge in [-0.05, 0) is 20.6 Å². The Kier molecular flexibility index (Phi) is 8.20. The third-order valence-corrected chi connectivity index (χ3v) is 2.96. The molecule has 0 aliphatic heterocycles. The third-order valence-electron chi connectivity index (χ3n) is 1.34. The Morgan fingerprint density at radius 2 is 1.91 bits per heavy atom. The maximum absolute atomic E-state index is 5.50. The fourth-order valence-corrected chi connectivity index (χ4v) is 1.71. The van der Waals surface area contributed by atoms with Crippen molar-refractivity contribution in [1.82, 2.24) is 15.3 Å². The van der Waals surface area contributed by atoms with Crippen molar-refractivity contribution < 1.29 is 4.43 Å². The summed E-state index contributed by atoms with van der Waals surface area (Å²) < 4.78 is 5.50. The van der Waals surface area contributed by atoms with Crippen LogP contribution in [0.15, 0.2) is 0 Å². The average Bonchev–Trinajstić information content (AvgIpc) is 2.05. The highest BCUT2D eigenvalue weighted by molar-refractivity contribution is 6.45. The van der Waals surface area contributed by atoms with Crippen molar-refractivity contribution in [2.75, 3.05) is 33.8 Å². The highest BCUT2D eigenvalue weighted by Gasteiger charge is 2.03. The van der Waals surface area contributed by atoms with Gasteiger partial charge in [-0.1, -0.05) is 6.92 Å². The minimum atomic E-state index is -1.27. The van der Waals surface area contributed by atoms with Gasteiger partial charge in [0.25, 0.3) is 0 Å². The standard InChI is InChI=1S/C6H19N3OSi/c1-4-9-5-6-10-11(7-2)8-3/h7-9,11H,4-6H2,1-3H3. The summed E-state index contributed by atoms with van der Waals surface area (Å²) in [7, 11) is 2.56. The first-order valence-corrected chi connectivity index (χ1v) is 5.64. The Balaban J connectivity index is 3.07. The summed E-state index contributed by atoms with van der Waals surface area (Å²) >= 11 is 0. The van der Waals surface area contributed by atoms with Crippen molar-refractivity contribution in [1.29, 1.82) is 0 Å². The van der Waals surface area contributed by atoms with E-state index in [1.54, 1.807) is 0 Å². The number of rotatable bonds is 7. The van der Waals surface area contributed by atoms with Gasteiger partial charge in [-0.25, -0.2) is 0 Å². The molecule has 0 radical (unpaired) electrons. The van der Waals surface area contributed by atoms with E-state index in [1.165, 1.54) is 0 Å². The lowest BCUT2D eigenvalue weighted by Crippen LogP contribution is -2.47. The van der Waals surface area contributed by atoms with Crippen LogP contribution < -0.4 is 15.3 Å². The summed E-state index contributed by atoms with van der Waals surface area (Å²) in [6, 6.07) is 0. The number of likely N-dealkylation sites (N-methyl/N-ethyl adjacent to an activating group) is 1. The first-order chi connectivity index (χ1) is 5.35. The van der Waals surface area contributed by atoms with Gasteiger partial charge in [0.2, 0.25) is 0 Å². The van der Waals surface area contributed by atoms with Crippen molar-refractivity contribution in [3.63, 3.8) is 0 Å². The first kappa shape index (κ1) is 11.1. The molecule has 0 saturated carbocycles. The third kappa shape index (κ3) is 6.45. The summed E-state index contributed by atoms with van der Waals surface area (Å²) in [5, 5.41) is 3.19. The van der Waals surface area contributed by atoms with Crippen LogP contribution in [0.2, 0.25) is 0 Å². The van der Waals surface area contributed by atoms with Gasteiger partial charge < -0.3 is 19.7 Å². The molecular weight excluding hydrogens is 158 g/mol. The molecule has 68 valence electrons. The molecule has 0 atom stereocenters. The van der Waals surface area contributed by atoms with Crippen LogP contribution in [0.4, 0.5) is 0 Å². The lowest BCUT2D eigenvalue weighted by molar-refractivity contribution is 0.305. The van der Waals surface area contributed by atoms with E-state index >= 15 is 0 Å². The van der Waals surface area contributed by atoms with Crippen LogP contribution in [0.1, 0.15) is 6.92 Å². The van der Waals surface area contributed by atoms with Gasteiger partial charge >= 0.3 is 9.36 Å². The highest BCUT2D eigenvalue weighted by Crippen LogP contribution is 1.73. The second-order valence-electron chi connectivity index (χ2n) is 2.18. The van der Waals surface area contributed by atoms with E-state index in [4.69, 9.17) is 4.43 Å². The van der Waals surface area contributed by atoms with Crippen molar-refractivity contribution in [2.45, 2.75) is 6.92 Å². The van der Waals surface area contributed by atoms with Crippen LogP contribution in [-0.2, 0) is 4.43 Å². The predicted octanol–water partition coefficient (Wildman–Crippen LogP) is -1.23. The second kappa shape index (κ2) is 8.16. The first-order valence-electron chi connectivity index (χ1n) is 4.02. The minimum Gasteiger partial charge on any atom is -0.393 e. The molecule has 0 aliphatic rings. The number of hydrogen-bond acceptors (Lipinski definition) is 4. The van der Waals surface area contributed by atoms with Gasteiger partial charge in [0.1, 0.15) is 0 Å². The molecule has 0 bridgehead atoms. The highest BCUT2D eigenvalue weighted by atomic mass is 28.3. The zero-order valence-corrected chi connectivity index (χ0v) is 8.76. The molecule has 0 aromatic heterocycles. The van der Waals surface area contributed by atoms with Crippen LogP contribution in [0, 0.1) is 0 Å². The molecule has 3 N–H and O–H groups in total. The molecule has 5 heteroatoms. The molecule has 0 aromatic rings. The van der Waals surface area contributed by atoms with Crippen molar-refractivity contribution in [2.24, 2.45) is 0 Å². The zero-order valence-electron chi connectivity index (χ0n) is 7.61. The molecule has 0 rings (SSSR count). The van der Waals surface area contributed by atoms with Crippen LogP contribution in [0.3, 0.4) is 0 Å². The van der Waals surface area contributed by atoms with E-state index < -0.39 is 9.36 Å². The Labute approximate surface area is 70.6 Å². The summed E-state index contributed by atoms with van der Waals surface area (Å²) in [6.45, 7) is 4.81. The second-order valence-corrected chi connectivity index (χ2v) is 4.43. The van der Waals surface area contributed by atoms with E-state index in [-0.39, 0.29) is 0 Å². The molecule has 0 fully saturated rings. The van der Waals surface area contributed by atoms with Crippen LogP contribution in [0.25, 0.3) is 0 Å². The van der Waals surface area contributed by atoms with E-state index in [1.807, 2.05) is 14.1 Å².